The van der Waals surface area contributed by atoms with Gasteiger partial charge in [0, 0.05) is 6.42 Å². The van der Waals surface area contributed by atoms with Crippen molar-refractivity contribution in [2.45, 2.75) is 125 Å². The fourth-order valence-electron chi connectivity index (χ4n) is 5.19. The summed E-state index contributed by atoms with van der Waals surface area (Å²) in [5, 5.41) is 5.21. The highest BCUT2D eigenvalue weighted by atomic mass is 16.6. The number of hydrogen-bond acceptors (Lipinski definition) is 12. The van der Waals surface area contributed by atoms with Gasteiger partial charge < -0.3 is 39.1 Å². The second-order valence-electron chi connectivity index (χ2n) is 15.8. The normalized spacial score (nSPS) is 13.7. The van der Waals surface area contributed by atoms with Crippen LogP contribution < -0.4 is 29.6 Å². The van der Waals surface area contributed by atoms with Gasteiger partial charge in [0.25, 0.3) is 0 Å². The Morgan fingerprint density at radius 2 is 1.12 bits per heavy atom. The monoisotopic (exact) mass is 796 g/mol. The van der Waals surface area contributed by atoms with Crippen LogP contribution in [0.2, 0.25) is 0 Å². The van der Waals surface area contributed by atoms with E-state index in [0.29, 0.717) is 24.8 Å². The first-order valence-electron chi connectivity index (χ1n) is 19.1. The van der Waals surface area contributed by atoms with Crippen molar-refractivity contribution < 1.29 is 57.2 Å². The number of aryl methyl sites for hydroxylation is 1. The molecular formula is C43H60N2O12. The van der Waals surface area contributed by atoms with E-state index in [0.717, 1.165) is 5.56 Å². The number of carbonyl (C=O) groups is 6. The third-order valence-corrected chi connectivity index (χ3v) is 8.64. The molecule has 2 rings (SSSR count). The Kier molecular flexibility index (Phi) is 18.2. The summed E-state index contributed by atoms with van der Waals surface area (Å²) in [5.74, 6) is -1.81. The number of carbonyl (C=O) groups excluding carboxylic acids is 6. The Labute approximate surface area is 336 Å². The maximum absolute atomic E-state index is 13.2. The summed E-state index contributed by atoms with van der Waals surface area (Å²) < 4.78 is 32.8. The van der Waals surface area contributed by atoms with E-state index in [1.54, 1.807) is 71.9 Å². The zero-order valence-corrected chi connectivity index (χ0v) is 35.4. The van der Waals surface area contributed by atoms with Crippen molar-refractivity contribution in [1.29, 1.82) is 0 Å². The van der Waals surface area contributed by atoms with Crippen molar-refractivity contribution >= 4 is 41.8 Å². The number of methoxy groups -OCH3 is 2. The van der Waals surface area contributed by atoms with Crippen LogP contribution >= 0.6 is 0 Å². The van der Waals surface area contributed by atoms with Crippen LogP contribution in [0.4, 0.5) is 9.59 Å². The molecular weight excluding hydrogens is 736 g/mol. The largest absolute Gasteiger partial charge is 0.493 e. The summed E-state index contributed by atoms with van der Waals surface area (Å²) in [6.45, 7) is 17.7. The van der Waals surface area contributed by atoms with Crippen LogP contribution in [0.25, 0.3) is 6.08 Å². The Hall–Kier alpha value is -5.40. The van der Waals surface area contributed by atoms with Gasteiger partial charge in [-0.15, -0.1) is 0 Å². The van der Waals surface area contributed by atoms with E-state index in [1.165, 1.54) is 32.4 Å². The van der Waals surface area contributed by atoms with Gasteiger partial charge in [-0.1, -0.05) is 58.7 Å². The lowest BCUT2D eigenvalue weighted by molar-refractivity contribution is -0.139. The van der Waals surface area contributed by atoms with Crippen LogP contribution in [-0.2, 0) is 35.1 Å². The highest BCUT2D eigenvalue weighted by Crippen LogP contribution is 2.31. The Morgan fingerprint density at radius 3 is 1.56 bits per heavy atom. The molecule has 2 amide bonds. The number of nitrogens with one attached hydrogen (secondary N) is 2. The smallest absolute Gasteiger partial charge is 0.408 e. The molecule has 0 spiro atoms. The summed E-state index contributed by atoms with van der Waals surface area (Å²) in [7, 11) is 2.82. The second-order valence-corrected chi connectivity index (χ2v) is 15.8. The van der Waals surface area contributed by atoms with Gasteiger partial charge in [-0.05, 0) is 101 Å². The number of hydrogen-bond donors (Lipinski definition) is 2. The number of benzene rings is 2. The minimum atomic E-state index is -0.973. The lowest BCUT2D eigenvalue weighted by atomic mass is 9.99. The van der Waals surface area contributed by atoms with Crippen LogP contribution in [0.15, 0.2) is 42.5 Å². The molecule has 0 aromatic heterocycles. The molecule has 2 aromatic carbocycles. The van der Waals surface area contributed by atoms with Crippen molar-refractivity contribution in [3.05, 3.63) is 53.6 Å². The molecule has 2 N–H and O–H groups in total. The first-order chi connectivity index (χ1) is 26.6. The molecule has 57 heavy (non-hydrogen) atoms. The van der Waals surface area contributed by atoms with E-state index in [4.69, 9.17) is 28.4 Å². The van der Waals surface area contributed by atoms with Gasteiger partial charge in [0.1, 0.15) is 29.1 Å². The Bertz CT molecular complexity index is 1750. The maximum atomic E-state index is 13.2. The van der Waals surface area contributed by atoms with Crippen molar-refractivity contribution in [2.24, 2.45) is 11.8 Å². The zero-order chi connectivity index (χ0) is 43.1. The lowest BCUT2D eigenvalue weighted by Crippen LogP contribution is -2.48. The first kappa shape index (κ1) is 47.8. The number of rotatable bonds is 19. The van der Waals surface area contributed by atoms with Crippen molar-refractivity contribution in [1.82, 2.24) is 10.6 Å². The predicted octanol–water partition coefficient (Wildman–Crippen LogP) is 7.57. The SMILES string of the molecule is CC[C@H](C)[C@H](NC(=O)OC(C)(C)C)C(=O)Oc1ccc(/C=C/C(=O)CC(=O)CCc2ccc(OC(=O)[C@@H](NC(=O)OC(C)(C)C)[C@@H](C)CC)c(OC)c2)cc1OC. The quantitative estimate of drug-likeness (QED) is 0.0617. The van der Waals surface area contributed by atoms with Gasteiger partial charge >= 0.3 is 24.1 Å². The number of alkyl carbamates (subject to hydrolysis) is 2. The molecule has 0 unspecified atom stereocenters. The van der Waals surface area contributed by atoms with Crippen LogP contribution in [-0.4, -0.2) is 73.2 Å². The summed E-state index contributed by atoms with van der Waals surface area (Å²) in [6.07, 6.45) is 2.58. The highest BCUT2D eigenvalue weighted by molar-refractivity contribution is 6.06. The molecule has 0 aliphatic carbocycles. The highest BCUT2D eigenvalue weighted by Gasteiger charge is 2.32. The number of esters is 2. The van der Waals surface area contributed by atoms with Gasteiger partial charge in [0.2, 0.25) is 0 Å². The molecule has 14 nitrogen and oxygen atoms in total. The molecule has 0 aliphatic rings. The average molecular weight is 797 g/mol. The molecule has 14 heteroatoms. The minimum absolute atomic E-state index is 0.0755. The molecule has 0 saturated carbocycles. The van der Waals surface area contributed by atoms with Crippen molar-refractivity contribution in [2.75, 3.05) is 14.2 Å². The van der Waals surface area contributed by atoms with E-state index in [-0.39, 0.29) is 53.5 Å². The molecule has 314 valence electrons. The molecule has 0 aliphatic heterocycles. The number of ketones is 2. The van der Waals surface area contributed by atoms with E-state index < -0.39 is 53.2 Å². The van der Waals surface area contributed by atoms with Gasteiger partial charge in [-0.3, -0.25) is 9.59 Å². The average Bonchev–Trinajstić information content (AvgIpc) is 3.12. The summed E-state index contributed by atoms with van der Waals surface area (Å²) in [4.78, 5) is 76.6. The number of Topliss-reactive ketones (excluding diaryl/α,β-unsaturated/α-hetero) is 1. The zero-order valence-electron chi connectivity index (χ0n) is 35.4. The first-order valence-corrected chi connectivity index (χ1v) is 19.1. The van der Waals surface area contributed by atoms with Crippen LogP contribution in [0.3, 0.4) is 0 Å². The summed E-state index contributed by atoms with van der Waals surface area (Å²) in [6, 6.07) is 7.66. The summed E-state index contributed by atoms with van der Waals surface area (Å²) in [5.41, 5.74) is -0.215. The second kappa shape index (κ2) is 21.8. The molecule has 0 bridgehead atoms. The number of amides is 2. The van der Waals surface area contributed by atoms with E-state index in [2.05, 4.69) is 10.6 Å². The predicted molar refractivity (Wildman–Crippen MR) is 214 cm³/mol. The van der Waals surface area contributed by atoms with E-state index in [9.17, 15) is 28.8 Å². The lowest BCUT2D eigenvalue weighted by Gasteiger charge is -2.25. The fraction of sp³-hybridized carbons (Fsp3) is 0.535. The topological polar surface area (TPSA) is 182 Å². The number of ether oxygens (including phenoxy) is 6. The third-order valence-electron chi connectivity index (χ3n) is 8.64. The molecule has 0 fully saturated rings. The van der Waals surface area contributed by atoms with Crippen LogP contribution in [0.1, 0.15) is 106 Å². The van der Waals surface area contributed by atoms with E-state index in [1.807, 2.05) is 27.7 Å². The van der Waals surface area contributed by atoms with Crippen LogP contribution in [0, 0.1) is 11.8 Å². The van der Waals surface area contributed by atoms with Crippen molar-refractivity contribution in [3.63, 3.8) is 0 Å². The molecule has 0 heterocycles. The Morgan fingerprint density at radius 1 is 0.667 bits per heavy atom. The fourth-order valence-corrected chi connectivity index (χ4v) is 5.19. The third kappa shape index (κ3) is 16.7. The van der Waals surface area contributed by atoms with Crippen LogP contribution in [0.5, 0.6) is 23.0 Å². The standard InChI is InChI=1S/C43H60N2O12/c1-13-26(3)36(44-40(50)56-42(5,6)7)38(48)54-32-21-17-28(23-34(32)52-11)15-19-30(46)25-31(47)20-16-29-18-22-33(35(24-29)53-12)55-39(49)37(27(4)14-2)45-41(51)57-43(8,9)10/h15,17-19,21-24,26-27,36-37H,13-14,16,20,25H2,1-12H3,(H,44,50)(H,45,51)/b19-15+/t26-,27-,36-,37-/m0/s1. The molecule has 0 saturated heterocycles. The van der Waals surface area contributed by atoms with Gasteiger partial charge in [-0.2, -0.15) is 0 Å². The maximum Gasteiger partial charge on any atom is 0.408 e. The van der Waals surface area contributed by atoms with E-state index >= 15 is 0 Å². The molecule has 0 radical (unpaired) electrons. The van der Waals surface area contributed by atoms with Crippen molar-refractivity contribution in [3.8, 4) is 23.0 Å². The minimum Gasteiger partial charge on any atom is -0.493 e. The number of allylic oxidation sites excluding steroid dienone is 1. The van der Waals surface area contributed by atoms with Gasteiger partial charge in [0.15, 0.2) is 28.8 Å². The molecule has 2 aromatic rings. The van der Waals surface area contributed by atoms with Gasteiger partial charge in [0.05, 0.1) is 20.6 Å². The molecule has 4 atom stereocenters. The summed E-state index contributed by atoms with van der Waals surface area (Å²) >= 11 is 0. The Balaban J connectivity index is 2.02. The van der Waals surface area contributed by atoms with Gasteiger partial charge in [-0.25, -0.2) is 19.2 Å².